The smallest absolute Gasteiger partial charge is 0.191 e. The number of thioether (sulfide) groups is 1. The van der Waals surface area contributed by atoms with Gasteiger partial charge in [0.2, 0.25) is 0 Å². The largest absolute Gasteiger partial charge is 0.356 e. The standard InChI is InChI=1S/C17H27FN4O2S2/c1-19-17(21-8-9-22-10-13-26(23,24)14-11-22)20-7-2-12-25-16-5-3-15(18)4-6-16/h3-6H,2,7-14H2,1H3,(H2,19,20,21). The zero-order chi connectivity index (χ0) is 18.8. The second-order valence-electron chi connectivity index (χ2n) is 6.08. The van der Waals surface area contributed by atoms with E-state index in [9.17, 15) is 12.8 Å². The van der Waals surface area contributed by atoms with Crippen molar-refractivity contribution in [1.29, 1.82) is 0 Å². The molecule has 0 bridgehead atoms. The summed E-state index contributed by atoms with van der Waals surface area (Å²) in [6.07, 6.45) is 0.965. The predicted octanol–water partition coefficient (Wildman–Crippen LogP) is 1.20. The lowest BCUT2D eigenvalue weighted by Crippen LogP contribution is -2.46. The number of sulfone groups is 1. The van der Waals surface area contributed by atoms with Crippen molar-refractivity contribution >= 4 is 27.6 Å². The molecule has 0 amide bonds. The van der Waals surface area contributed by atoms with Gasteiger partial charge in [0.05, 0.1) is 11.5 Å². The van der Waals surface area contributed by atoms with Crippen molar-refractivity contribution in [3.63, 3.8) is 0 Å². The van der Waals surface area contributed by atoms with E-state index in [1.807, 2.05) is 0 Å². The summed E-state index contributed by atoms with van der Waals surface area (Å²) in [6, 6.07) is 6.54. The lowest BCUT2D eigenvalue weighted by Gasteiger charge is -2.26. The van der Waals surface area contributed by atoms with Crippen LogP contribution in [0.5, 0.6) is 0 Å². The summed E-state index contributed by atoms with van der Waals surface area (Å²) in [5, 5.41) is 6.52. The molecule has 1 aliphatic heterocycles. The molecule has 146 valence electrons. The van der Waals surface area contributed by atoms with Gasteiger partial charge in [0.25, 0.3) is 0 Å². The molecular formula is C17H27FN4O2S2. The van der Waals surface area contributed by atoms with Crippen molar-refractivity contribution in [3.05, 3.63) is 30.1 Å². The molecule has 2 rings (SSSR count). The molecule has 0 saturated carbocycles. The zero-order valence-electron chi connectivity index (χ0n) is 15.1. The van der Waals surface area contributed by atoms with Gasteiger partial charge >= 0.3 is 0 Å². The van der Waals surface area contributed by atoms with Gasteiger partial charge in [0, 0.05) is 44.7 Å². The average molecular weight is 403 g/mol. The summed E-state index contributed by atoms with van der Waals surface area (Å²) < 4.78 is 35.7. The van der Waals surface area contributed by atoms with Crippen LogP contribution in [0.25, 0.3) is 0 Å². The predicted molar refractivity (Wildman–Crippen MR) is 106 cm³/mol. The van der Waals surface area contributed by atoms with Crippen LogP contribution in [0, 0.1) is 5.82 Å². The van der Waals surface area contributed by atoms with Crippen LogP contribution in [0.4, 0.5) is 4.39 Å². The molecule has 1 heterocycles. The van der Waals surface area contributed by atoms with Crippen molar-refractivity contribution in [3.8, 4) is 0 Å². The first-order chi connectivity index (χ1) is 12.5. The minimum absolute atomic E-state index is 0.211. The van der Waals surface area contributed by atoms with Gasteiger partial charge in [-0.25, -0.2) is 12.8 Å². The molecule has 6 nitrogen and oxygen atoms in total. The molecule has 0 spiro atoms. The van der Waals surface area contributed by atoms with Crippen molar-refractivity contribution < 1.29 is 12.8 Å². The Kier molecular flexibility index (Phi) is 8.67. The highest BCUT2D eigenvalue weighted by Crippen LogP contribution is 2.18. The Balaban J connectivity index is 1.54. The van der Waals surface area contributed by atoms with Crippen LogP contribution in [0.1, 0.15) is 6.42 Å². The second kappa shape index (κ2) is 10.7. The molecular weight excluding hydrogens is 375 g/mol. The fraction of sp³-hybridized carbons (Fsp3) is 0.588. The Bertz CT molecular complexity index is 667. The zero-order valence-corrected chi connectivity index (χ0v) is 16.7. The monoisotopic (exact) mass is 402 g/mol. The van der Waals surface area contributed by atoms with Crippen LogP contribution in [-0.4, -0.2) is 76.3 Å². The SMILES string of the molecule is CN=C(NCCCSc1ccc(F)cc1)NCCN1CCS(=O)(=O)CC1. The number of hydrogen-bond donors (Lipinski definition) is 2. The van der Waals surface area contributed by atoms with Crippen LogP contribution in [-0.2, 0) is 9.84 Å². The molecule has 1 saturated heterocycles. The highest BCUT2D eigenvalue weighted by atomic mass is 32.2. The van der Waals surface area contributed by atoms with Gasteiger partial charge in [-0.1, -0.05) is 0 Å². The molecule has 0 aromatic heterocycles. The molecule has 0 radical (unpaired) electrons. The van der Waals surface area contributed by atoms with E-state index < -0.39 is 9.84 Å². The van der Waals surface area contributed by atoms with Crippen molar-refractivity contribution in [1.82, 2.24) is 15.5 Å². The van der Waals surface area contributed by atoms with E-state index in [1.54, 1.807) is 30.9 Å². The first-order valence-electron chi connectivity index (χ1n) is 8.74. The molecule has 0 aliphatic carbocycles. The van der Waals surface area contributed by atoms with E-state index in [0.29, 0.717) is 13.1 Å². The molecule has 1 aromatic rings. The number of nitrogens with one attached hydrogen (secondary N) is 2. The van der Waals surface area contributed by atoms with Crippen LogP contribution in [0.15, 0.2) is 34.2 Å². The van der Waals surface area contributed by atoms with Gasteiger partial charge in [-0.2, -0.15) is 0 Å². The van der Waals surface area contributed by atoms with Crippen molar-refractivity contribution in [2.45, 2.75) is 11.3 Å². The lowest BCUT2D eigenvalue weighted by atomic mass is 10.4. The molecule has 0 atom stereocenters. The Morgan fingerprint density at radius 3 is 2.50 bits per heavy atom. The van der Waals surface area contributed by atoms with Gasteiger partial charge in [0.1, 0.15) is 5.82 Å². The summed E-state index contributed by atoms with van der Waals surface area (Å²) in [5.74, 6) is 1.99. The van der Waals surface area contributed by atoms with Gasteiger partial charge in [-0.3, -0.25) is 9.89 Å². The first kappa shape index (κ1) is 21.0. The highest BCUT2D eigenvalue weighted by molar-refractivity contribution is 7.99. The summed E-state index contributed by atoms with van der Waals surface area (Å²) in [7, 11) is -1.09. The summed E-state index contributed by atoms with van der Waals surface area (Å²) >= 11 is 1.70. The fourth-order valence-corrected chi connectivity index (χ4v) is 4.66. The van der Waals surface area contributed by atoms with E-state index in [2.05, 4.69) is 20.5 Å². The molecule has 1 aliphatic rings. The number of benzene rings is 1. The second-order valence-corrected chi connectivity index (χ2v) is 9.55. The van der Waals surface area contributed by atoms with Gasteiger partial charge in [0.15, 0.2) is 15.8 Å². The van der Waals surface area contributed by atoms with E-state index in [-0.39, 0.29) is 17.3 Å². The Morgan fingerprint density at radius 2 is 1.85 bits per heavy atom. The summed E-state index contributed by atoms with van der Waals surface area (Å²) in [5.41, 5.74) is 0. The normalized spacial score (nSPS) is 17.8. The number of hydrogen-bond acceptors (Lipinski definition) is 5. The van der Waals surface area contributed by atoms with E-state index in [0.717, 1.165) is 42.7 Å². The molecule has 26 heavy (non-hydrogen) atoms. The van der Waals surface area contributed by atoms with E-state index >= 15 is 0 Å². The third-order valence-corrected chi connectivity index (χ3v) is 6.78. The van der Waals surface area contributed by atoms with Gasteiger partial charge in [-0.15, -0.1) is 11.8 Å². The number of nitrogens with zero attached hydrogens (tertiary/aromatic N) is 2. The third kappa shape index (κ3) is 7.92. The average Bonchev–Trinajstić information content (AvgIpc) is 2.62. The van der Waals surface area contributed by atoms with Crippen molar-refractivity contribution in [2.75, 3.05) is 57.0 Å². The van der Waals surface area contributed by atoms with Crippen LogP contribution in [0.3, 0.4) is 0 Å². The molecule has 1 aromatic carbocycles. The molecule has 1 fully saturated rings. The van der Waals surface area contributed by atoms with Crippen LogP contribution >= 0.6 is 11.8 Å². The van der Waals surface area contributed by atoms with Crippen LogP contribution in [0.2, 0.25) is 0 Å². The topological polar surface area (TPSA) is 73.8 Å². The quantitative estimate of drug-likeness (QED) is 0.295. The Labute approximate surface area is 159 Å². The van der Waals surface area contributed by atoms with E-state index in [1.165, 1.54) is 12.1 Å². The molecule has 0 unspecified atom stereocenters. The van der Waals surface area contributed by atoms with Gasteiger partial charge < -0.3 is 10.6 Å². The molecule has 9 heteroatoms. The fourth-order valence-electron chi connectivity index (χ4n) is 2.53. The number of halogens is 1. The number of guanidine groups is 1. The highest BCUT2D eigenvalue weighted by Gasteiger charge is 2.20. The van der Waals surface area contributed by atoms with Crippen molar-refractivity contribution in [2.24, 2.45) is 4.99 Å². The summed E-state index contributed by atoms with van der Waals surface area (Å²) in [4.78, 5) is 7.41. The minimum Gasteiger partial charge on any atom is -0.356 e. The maximum atomic E-state index is 12.8. The number of aliphatic imine (C=N–C) groups is 1. The first-order valence-corrected chi connectivity index (χ1v) is 11.5. The minimum atomic E-state index is -2.82. The third-order valence-electron chi connectivity index (χ3n) is 4.08. The molecule has 2 N–H and O–H groups in total. The maximum absolute atomic E-state index is 12.8. The number of rotatable bonds is 8. The maximum Gasteiger partial charge on any atom is 0.191 e. The van der Waals surface area contributed by atoms with Crippen LogP contribution < -0.4 is 10.6 Å². The lowest BCUT2D eigenvalue weighted by molar-refractivity contribution is 0.299. The van der Waals surface area contributed by atoms with Gasteiger partial charge in [-0.05, 0) is 36.4 Å². The van der Waals surface area contributed by atoms with E-state index in [4.69, 9.17) is 0 Å². The Hall–Kier alpha value is -1.32. The Morgan fingerprint density at radius 1 is 1.19 bits per heavy atom. The summed E-state index contributed by atoms with van der Waals surface area (Å²) in [6.45, 7) is 3.55.